The summed E-state index contributed by atoms with van der Waals surface area (Å²) in [6.45, 7) is 3.51. The molecular formula is C45H79N5O16. The third-order valence-corrected chi connectivity index (χ3v) is 9.95. The van der Waals surface area contributed by atoms with E-state index in [-0.39, 0.29) is 122 Å². The number of amides is 5. The number of aliphatic carboxylic acids is 3. The molecule has 5 amide bonds. The van der Waals surface area contributed by atoms with Gasteiger partial charge in [0.05, 0.1) is 39.6 Å². The standard InChI is InChI=1S/C45H79N5O16/c1-35(51)33-65-31-29-64-28-26-48-42(56)34-66-32-30-63-27-25-47-38(52)18-16-24-46-39(53)22-20-36(44(59)60)50-41(55)23-21-37(45(61)62)49-40(54)17-14-12-10-8-6-4-2-3-5-7-9-11-13-15-19-43(57)58/h36-37H,2-34H2,1H3,(H,46,53)(H,47,52)(H,48,56)(H,49,54)(H,50,55)(H,57,58)(H,59,60)(H,61,62). The number of unbranched alkanes of at least 4 members (excludes halogenated alkanes) is 13. The molecule has 21 heteroatoms. The fourth-order valence-corrected chi connectivity index (χ4v) is 6.33. The summed E-state index contributed by atoms with van der Waals surface area (Å²) >= 11 is 0. The molecule has 0 spiro atoms. The van der Waals surface area contributed by atoms with Gasteiger partial charge in [0.15, 0.2) is 5.78 Å². The van der Waals surface area contributed by atoms with E-state index >= 15 is 0 Å². The molecule has 0 aromatic rings. The second-order valence-electron chi connectivity index (χ2n) is 16.0. The average molecular weight is 946 g/mol. The van der Waals surface area contributed by atoms with Crippen molar-refractivity contribution in [2.45, 2.75) is 160 Å². The molecular weight excluding hydrogens is 867 g/mol. The maximum absolute atomic E-state index is 12.5. The molecule has 0 aromatic carbocycles. The van der Waals surface area contributed by atoms with Crippen molar-refractivity contribution >= 4 is 53.2 Å². The number of carbonyl (C=O) groups is 9. The molecule has 0 rings (SSSR count). The van der Waals surface area contributed by atoms with Gasteiger partial charge >= 0.3 is 17.9 Å². The van der Waals surface area contributed by atoms with Gasteiger partial charge in [0, 0.05) is 51.7 Å². The van der Waals surface area contributed by atoms with Crippen molar-refractivity contribution in [3.05, 3.63) is 0 Å². The number of nitrogens with one attached hydrogen (secondary N) is 5. The Kier molecular flexibility index (Phi) is 39.8. The molecule has 66 heavy (non-hydrogen) atoms. The fraction of sp³-hybridized carbons (Fsp3) is 0.800. The predicted molar refractivity (Wildman–Crippen MR) is 241 cm³/mol. The number of carboxylic acid groups (broad SMARTS) is 3. The summed E-state index contributed by atoms with van der Waals surface area (Å²) in [6.07, 6.45) is 14.3. The van der Waals surface area contributed by atoms with Gasteiger partial charge < -0.3 is 60.9 Å². The Morgan fingerprint density at radius 3 is 1.21 bits per heavy atom. The zero-order chi connectivity index (χ0) is 49.0. The molecule has 0 heterocycles. The Morgan fingerprint density at radius 2 is 0.742 bits per heavy atom. The number of carboxylic acids is 3. The third-order valence-electron chi connectivity index (χ3n) is 9.95. The minimum Gasteiger partial charge on any atom is -0.481 e. The van der Waals surface area contributed by atoms with Crippen LogP contribution < -0.4 is 26.6 Å². The van der Waals surface area contributed by atoms with Crippen LogP contribution in [0.4, 0.5) is 0 Å². The van der Waals surface area contributed by atoms with Gasteiger partial charge in [-0.25, -0.2) is 9.59 Å². The third kappa shape index (κ3) is 41.9. The van der Waals surface area contributed by atoms with Crippen molar-refractivity contribution in [2.24, 2.45) is 0 Å². The minimum absolute atomic E-state index is 0.0413. The van der Waals surface area contributed by atoms with Crippen molar-refractivity contribution < 1.29 is 77.4 Å². The van der Waals surface area contributed by atoms with E-state index in [0.29, 0.717) is 26.0 Å². The van der Waals surface area contributed by atoms with Crippen LogP contribution in [0, 0.1) is 0 Å². The topological polar surface area (TPSA) is 311 Å². The number of rotatable bonds is 47. The average Bonchev–Trinajstić information content (AvgIpc) is 3.26. The van der Waals surface area contributed by atoms with Crippen molar-refractivity contribution in [1.82, 2.24) is 26.6 Å². The molecule has 21 nitrogen and oxygen atoms in total. The highest BCUT2D eigenvalue weighted by atomic mass is 16.5. The molecule has 0 aliphatic heterocycles. The summed E-state index contributed by atoms with van der Waals surface area (Å²) in [5, 5.41) is 40.5. The van der Waals surface area contributed by atoms with Gasteiger partial charge in [-0.2, -0.15) is 0 Å². The fourth-order valence-electron chi connectivity index (χ4n) is 6.33. The first-order chi connectivity index (χ1) is 31.7. The lowest BCUT2D eigenvalue weighted by molar-refractivity contribution is -0.143. The quantitative estimate of drug-likeness (QED) is 0.0407. The Hall–Kier alpha value is -4.73. The van der Waals surface area contributed by atoms with Crippen LogP contribution in [0.2, 0.25) is 0 Å². The summed E-state index contributed by atoms with van der Waals surface area (Å²) in [6, 6.07) is -2.72. The van der Waals surface area contributed by atoms with Crippen molar-refractivity contribution in [3.63, 3.8) is 0 Å². The number of Topliss-reactive ketones (excluding diaryl/α,β-unsaturated/α-hetero) is 1. The Bertz CT molecular complexity index is 1400. The maximum atomic E-state index is 12.5. The predicted octanol–water partition coefficient (Wildman–Crippen LogP) is 2.80. The lowest BCUT2D eigenvalue weighted by Crippen LogP contribution is -2.44. The zero-order valence-electron chi connectivity index (χ0n) is 39.1. The summed E-state index contributed by atoms with van der Waals surface area (Å²) in [5.41, 5.74) is 0. The zero-order valence-corrected chi connectivity index (χ0v) is 39.1. The number of ketones is 1. The molecule has 0 bridgehead atoms. The molecule has 380 valence electrons. The van der Waals surface area contributed by atoms with Crippen LogP contribution in [0.25, 0.3) is 0 Å². The first-order valence-corrected chi connectivity index (χ1v) is 23.6. The smallest absolute Gasteiger partial charge is 0.326 e. The molecule has 0 saturated heterocycles. The van der Waals surface area contributed by atoms with Crippen molar-refractivity contribution in [1.29, 1.82) is 0 Å². The van der Waals surface area contributed by atoms with E-state index in [9.17, 15) is 53.4 Å². The lowest BCUT2D eigenvalue weighted by Gasteiger charge is -2.17. The summed E-state index contributed by atoms with van der Waals surface area (Å²) in [5.74, 6) is -5.69. The van der Waals surface area contributed by atoms with E-state index in [1.54, 1.807) is 0 Å². The molecule has 2 unspecified atom stereocenters. The number of carbonyl (C=O) groups excluding carboxylic acids is 6. The maximum Gasteiger partial charge on any atom is 0.326 e. The molecule has 0 saturated carbocycles. The normalized spacial score (nSPS) is 11.8. The van der Waals surface area contributed by atoms with Gasteiger partial charge in [-0.1, -0.05) is 77.0 Å². The van der Waals surface area contributed by atoms with Crippen LogP contribution in [0.5, 0.6) is 0 Å². The second kappa shape index (κ2) is 42.9. The Labute approximate surface area is 389 Å². The Morgan fingerprint density at radius 1 is 0.379 bits per heavy atom. The van der Waals surface area contributed by atoms with E-state index in [0.717, 1.165) is 57.8 Å². The Balaban J connectivity index is 3.98. The first-order valence-electron chi connectivity index (χ1n) is 23.6. The first kappa shape index (κ1) is 61.3. The second-order valence-corrected chi connectivity index (χ2v) is 16.0. The molecule has 8 N–H and O–H groups in total. The molecule has 0 aromatic heterocycles. The van der Waals surface area contributed by atoms with Crippen LogP contribution in [0.15, 0.2) is 0 Å². The van der Waals surface area contributed by atoms with Gasteiger partial charge in [-0.05, 0) is 39.0 Å². The molecule has 2 atom stereocenters. The van der Waals surface area contributed by atoms with Crippen LogP contribution in [-0.4, -0.2) is 153 Å². The number of ether oxygens (including phenoxy) is 4. The summed E-state index contributed by atoms with van der Waals surface area (Å²) in [7, 11) is 0. The van der Waals surface area contributed by atoms with E-state index in [1.807, 2.05) is 0 Å². The van der Waals surface area contributed by atoms with Crippen LogP contribution in [0.3, 0.4) is 0 Å². The largest absolute Gasteiger partial charge is 0.481 e. The van der Waals surface area contributed by atoms with E-state index in [1.165, 1.54) is 32.6 Å². The van der Waals surface area contributed by atoms with Crippen molar-refractivity contribution in [3.8, 4) is 0 Å². The number of hydrogen-bond donors (Lipinski definition) is 8. The highest BCUT2D eigenvalue weighted by Crippen LogP contribution is 2.14. The van der Waals surface area contributed by atoms with Gasteiger partial charge in [-0.3, -0.25) is 33.6 Å². The molecule has 0 aliphatic rings. The number of hydrogen-bond acceptors (Lipinski definition) is 13. The SMILES string of the molecule is CC(=O)COCCOCCNC(=O)COCCOCCNC(=O)CCCNC(=O)CCC(NC(=O)CCC(NC(=O)CCCCCCCCCCCCCCCCC(=O)O)C(=O)O)C(=O)O. The van der Waals surface area contributed by atoms with E-state index in [4.69, 9.17) is 24.1 Å². The molecule has 0 aliphatic carbocycles. The van der Waals surface area contributed by atoms with Crippen LogP contribution in [-0.2, 0) is 62.1 Å². The van der Waals surface area contributed by atoms with E-state index < -0.39 is 47.7 Å². The van der Waals surface area contributed by atoms with Gasteiger partial charge in [-0.15, -0.1) is 0 Å². The highest BCUT2D eigenvalue weighted by Gasteiger charge is 2.24. The van der Waals surface area contributed by atoms with Gasteiger partial charge in [0.25, 0.3) is 0 Å². The lowest BCUT2D eigenvalue weighted by atomic mass is 10.0. The molecule has 0 fully saturated rings. The molecule has 0 radical (unpaired) electrons. The van der Waals surface area contributed by atoms with Crippen molar-refractivity contribution in [2.75, 3.05) is 72.5 Å². The summed E-state index contributed by atoms with van der Waals surface area (Å²) in [4.78, 5) is 106. The van der Waals surface area contributed by atoms with Crippen LogP contribution >= 0.6 is 0 Å². The highest BCUT2D eigenvalue weighted by molar-refractivity contribution is 5.86. The summed E-state index contributed by atoms with van der Waals surface area (Å²) < 4.78 is 20.9. The van der Waals surface area contributed by atoms with Gasteiger partial charge in [0.2, 0.25) is 29.5 Å². The van der Waals surface area contributed by atoms with Crippen LogP contribution in [0.1, 0.15) is 148 Å². The van der Waals surface area contributed by atoms with E-state index in [2.05, 4.69) is 26.6 Å². The monoisotopic (exact) mass is 946 g/mol. The minimum atomic E-state index is -1.40. The van der Waals surface area contributed by atoms with Gasteiger partial charge in [0.1, 0.15) is 25.3 Å².